The van der Waals surface area contributed by atoms with Crippen LogP contribution >= 0.6 is 0 Å². The van der Waals surface area contributed by atoms with Gasteiger partial charge in [0, 0.05) is 50.6 Å². The standard InChI is InChI=1S/C23H35N5O/c1-15-5-6-18(13-16(15)2)23(29)28-11-7-17(8-12-28)21-25-20-14-27(4)10-9-19(20)22(24-3)26-21/h17-18H,5-14H2,1-4H3,(H,24,25,26). The zero-order chi connectivity index (χ0) is 20.5. The highest BCUT2D eigenvalue weighted by atomic mass is 16.2. The number of carbonyl (C=O) groups is 1. The summed E-state index contributed by atoms with van der Waals surface area (Å²) in [6, 6.07) is 0. The van der Waals surface area contributed by atoms with Crippen LogP contribution in [0.25, 0.3) is 0 Å². The number of hydrogen-bond acceptors (Lipinski definition) is 5. The van der Waals surface area contributed by atoms with Crippen molar-refractivity contribution in [3.05, 3.63) is 28.2 Å². The molecule has 1 N–H and O–H groups in total. The van der Waals surface area contributed by atoms with E-state index in [0.29, 0.717) is 11.8 Å². The van der Waals surface area contributed by atoms with Gasteiger partial charge in [-0.1, -0.05) is 11.1 Å². The lowest BCUT2D eigenvalue weighted by molar-refractivity contribution is -0.137. The zero-order valence-electron chi connectivity index (χ0n) is 18.4. The molecule has 1 saturated heterocycles. The number of likely N-dealkylation sites (N-methyl/N-ethyl adjacent to an activating group) is 1. The Balaban J connectivity index is 1.42. The first-order chi connectivity index (χ1) is 14.0. The molecule has 3 aliphatic rings. The van der Waals surface area contributed by atoms with Gasteiger partial charge in [0.1, 0.15) is 11.6 Å². The largest absolute Gasteiger partial charge is 0.373 e. The molecule has 0 saturated carbocycles. The maximum atomic E-state index is 13.0. The summed E-state index contributed by atoms with van der Waals surface area (Å²) in [5, 5.41) is 3.29. The van der Waals surface area contributed by atoms with Crippen molar-refractivity contribution >= 4 is 11.7 Å². The predicted molar refractivity (Wildman–Crippen MR) is 116 cm³/mol. The van der Waals surface area contributed by atoms with Crippen LogP contribution in [0, 0.1) is 5.92 Å². The van der Waals surface area contributed by atoms with E-state index in [0.717, 1.165) is 76.3 Å². The molecule has 0 spiro atoms. The Kier molecular flexibility index (Phi) is 5.91. The van der Waals surface area contributed by atoms with Crippen LogP contribution in [0.2, 0.25) is 0 Å². The van der Waals surface area contributed by atoms with Crippen LogP contribution in [0.15, 0.2) is 11.1 Å². The lowest BCUT2D eigenvalue weighted by Gasteiger charge is -2.35. The Morgan fingerprint density at radius 1 is 1.03 bits per heavy atom. The molecule has 0 aromatic carbocycles. The van der Waals surface area contributed by atoms with Gasteiger partial charge in [-0.25, -0.2) is 9.97 Å². The topological polar surface area (TPSA) is 61.4 Å². The molecule has 0 bridgehead atoms. The third-order valence-electron chi connectivity index (χ3n) is 7.18. The van der Waals surface area contributed by atoms with Crippen LogP contribution in [0.3, 0.4) is 0 Å². The molecule has 0 radical (unpaired) electrons. The van der Waals surface area contributed by atoms with Crippen LogP contribution in [0.5, 0.6) is 0 Å². The van der Waals surface area contributed by atoms with E-state index in [1.54, 1.807) is 0 Å². The number of likely N-dealkylation sites (tertiary alicyclic amines) is 1. The number of nitrogens with zero attached hydrogens (tertiary/aromatic N) is 4. The SMILES string of the molecule is CNc1nc(C2CCN(C(=O)C3CCC(C)=C(C)C3)CC2)nc2c1CCN(C)C2. The summed E-state index contributed by atoms with van der Waals surface area (Å²) in [5.74, 6) is 2.85. The van der Waals surface area contributed by atoms with E-state index in [-0.39, 0.29) is 5.92 Å². The Morgan fingerprint density at radius 3 is 2.48 bits per heavy atom. The Labute approximate surface area is 174 Å². The van der Waals surface area contributed by atoms with Gasteiger partial charge in [-0.15, -0.1) is 0 Å². The maximum Gasteiger partial charge on any atom is 0.226 e. The van der Waals surface area contributed by atoms with E-state index in [1.165, 1.54) is 22.4 Å². The second-order valence-electron chi connectivity index (χ2n) is 9.19. The second-order valence-corrected chi connectivity index (χ2v) is 9.19. The van der Waals surface area contributed by atoms with E-state index in [2.05, 4.69) is 36.0 Å². The lowest BCUT2D eigenvalue weighted by Crippen LogP contribution is -2.42. The van der Waals surface area contributed by atoms with E-state index < -0.39 is 0 Å². The van der Waals surface area contributed by atoms with Gasteiger partial charge in [-0.3, -0.25) is 4.79 Å². The van der Waals surface area contributed by atoms with Gasteiger partial charge in [-0.05, 0) is 59.4 Å². The number of anilines is 1. The number of hydrogen-bond donors (Lipinski definition) is 1. The van der Waals surface area contributed by atoms with Crippen molar-refractivity contribution in [3.8, 4) is 0 Å². The number of allylic oxidation sites excluding steroid dienone is 2. The van der Waals surface area contributed by atoms with Crippen LogP contribution < -0.4 is 5.32 Å². The van der Waals surface area contributed by atoms with Gasteiger partial charge in [0.2, 0.25) is 5.91 Å². The molecule has 1 aliphatic carbocycles. The maximum absolute atomic E-state index is 13.0. The molecule has 6 nitrogen and oxygen atoms in total. The minimum atomic E-state index is 0.182. The van der Waals surface area contributed by atoms with Gasteiger partial charge in [0.15, 0.2) is 0 Å². The predicted octanol–water partition coefficient (Wildman–Crippen LogP) is 3.35. The van der Waals surface area contributed by atoms with Crippen LogP contribution in [-0.2, 0) is 17.8 Å². The molecule has 6 heteroatoms. The first kappa shape index (κ1) is 20.3. The summed E-state index contributed by atoms with van der Waals surface area (Å²) in [5.41, 5.74) is 5.34. The Morgan fingerprint density at radius 2 is 1.79 bits per heavy atom. The highest BCUT2D eigenvalue weighted by Crippen LogP contribution is 2.33. The average Bonchev–Trinajstić information content (AvgIpc) is 2.74. The van der Waals surface area contributed by atoms with Crippen molar-refractivity contribution < 1.29 is 4.79 Å². The first-order valence-corrected chi connectivity index (χ1v) is 11.2. The minimum Gasteiger partial charge on any atom is -0.373 e. The Bertz CT molecular complexity index is 810. The summed E-state index contributed by atoms with van der Waals surface area (Å²) < 4.78 is 0. The van der Waals surface area contributed by atoms with E-state index in [1.807, 2.05) is 7.05 Å². The normalized spacial score (nSPS) is 23.9. The van der Waals surface area contributed by atoms with Crippen molar-refractivity contribution in [1.29, 1.82) is 0 Å². The van der Waals surface area contributed by atoms with Crippen LogP contribution in [0.1, 0.15) is 69.0 Å². The first-order valence-electron chi connectivity index (χ1n) is 11.2. The van der Waals surface area contributed by atoms with Crippen LogP contribution in [-0.4, -0.2) is 59.4 Å². The van der Waals surface area contributed by atoms with E-state index in [9.17, 15) is 4.79 Å². The quantitative estimate of drug-likeness (QED) is 0.793. The molecule has 2 aliphatic heterocycles. The number of fused-ring (bicyclic) bond motifs is 1. The Hall–Kier alpha value is -1.95. The number of rotatable bonds is 3. The fourth-order valence-electron chi connectivity index (χ4n) is 5.05. The van der Waals surface area contributed by atoms with Gasteiger partial charge in [0.25, 0.3) is 0 Å². The molecule has 4 rings (SSSR count). The molecule has 29 heavy (non-hydrogen) atoms. The molecule has 1 atom stereocenters. The molecular formula is C23H35N5O. The molecular weight excluding hydrogens is 362 g/mol. The average molecular weight is 398 g/mol. The molecule has 1 fully saturated rings. The van der Waals surface area contributed by atoms with Crippen molar-refractivity contribution in [2.75, 3.05) is 39.0 Å². The molecule has 1 aromatic heterocycles. The summed E-state index contributed by atoms with van der Waals surface area (Å²) in [6.07, 6.45) is 5.95. The second kappa shape index (κ2) is 8.42. The number of piperidine rings is 1. The summed E-state index contributed by atoms with van der Waals surface area (Å²) in [4.78, 5) is 27.3. The number of amides is 1. The fourth-order valence-corrected chi connectivity index (χ4v) is 5.05. The molecule has 1 aromatic rings. The van der Waals surface area contributed by atoms with Crippen LogP contribution in [0.4, 0.5) is 5.82 Å². The highest BCUT2D eigenvalue weighted by molar-refractivity contribution is 5.79. The molecule has 158 valence electrons. The summed E-state index contributed by atoms with van der Waals surface area (Å²) in [7, 11) is 4.10. The fraction of sp³-hybridized carbons (Fsp3) is 0.696. The van der Waals surface area contributed by atoms with E-state index in [4.69, 9.17) is 9.97 Å². The number of carbonyl (C=O) groups excluding carboxylic acids is 1. The third kappa shape index (κ3) is 4.18. The molecule has 1 amide bonds. The van der Waals surface area contributed by atoms with Gasteiger partial charge >= 0.3 is 0 Å². The lowest BCUT2D eigenvalue weighted by atomic mass is 9.83. The monoisotopic (exact) mass is 397 g/mol. The highest BCUT2D eigenvalue weighted by Gasteiger charge is 2.32. The summed E-state index contributed by atoms with van der Waals surface area (Å²) in [6.45, 7) is 8.00. The summed E-state index contributed by atoms with van der Waals surface area (Å²) >= 11 is 0. The smallest absolute Gasteiger partial charge is 0.226 e. The molecule has 1 unspecified atom stereocenters. The zero-order valence-corrected chi connectivity index (χ0v) is 18.4. The van der Waals surface area contributed by atoms with Gasteiger partial charge in [0.05, 0.1) is 5.69 Å². The van der Waals surface area contributed by atoms with Crippen molar-refractivity contribution in [2.24, 2.45) is 5.92 Å². The third-order valence-corrected chi connectivity index (χ3v) is 7.18. The van der Waals surface area contributed by atoms with Crippen molar-refractivity contribution in [2.45, 2.75) is 64.8 Å². The number of aromatic nitrogens is 2. The van der Waals surface area contributed by atoms with Gasteiger partial charge < -0.3 is 15.1 Å². The molecule has 3 heterocycles. The van der Waals surface area contributed by atoms with E-state index >= 15 is 0 Å². The van der Waals surface area contributed by atoms with Crippen molar-refractivity contribution in [3.63, 3.8) is 0 Å². The van der Waals surface area contributed by atoms with Gasteiger partial charge in [-0.2, -0.15) is 0 Å². The van der Waals surface area contributed by atoms with Crippen molar-refractivity contribution in [1.82, 2.24) is 19.8 Å². The number of nitrogens with one attached hydrogen (secondary N) is 1. The minimum absolute atomic E-state index is 0.182.